The van der Waals surface area contributed by atoms with Crippen molar-refractivity contribution in [2.24, 2.45) is 5.92 Å². The highest BCUT2D eigenvalue weighted by Crippen LogP contribution is 2.39. The average Bonchev–Trinajstić information content (AvgIpc) is 3.15. The Hall–Kier alpha value is -2.14. The van der Waals surface area contributed by atoms with Crippen LogP contribution in [0.25, 0.3) is 0 Å². The third kappa shape index (κ3) is 4.14. The van der Waals surface area contributed by atoms with Crippen LogP contribution >= 0.6 is 11.3 Å². The molecule has 0 N–H and O–H groups in total. The predicted molar refractivity (Wildman–Crippen MR) is 114 cm³/mol. The largest absolute Gasteiger partial charge is 0.333 e. The lowest BCUT2D eigenvalue weighted by Gasteiger charge is -2.38. The molecule has 4 nitrogen and oxygen atoms in total. The molecule has 1 aliphatic heterocycles. The lowest BCUT2D eigenvalue weighted by atomic mass is 9.90. The number of fused-ring (bicyclic) bond motifs is 1. The summed E-state index contributed by atoms with van der Waals surface area (Å²) in [7, 11) is 0. The van der Waals surface area contributed by atoms with E-state index in [2.05, 4.69) is 30.5 Å². The van der Waals surface area contributed by atoms with Crippen LogP contribution < -0.4 is 0 Å². The van der Waals surface area contributed by atoms with Gasteiger partial charge in [-0.1, -0.05) is 45.0 Å². The van der Waals surface area contributed by atoms with E-state index < -0.39 is 0 Å². The van der Waals surface area contributed by atoms with E-state index in [1.54, 1.807) is 16.2 Å². The fourth-order valence-electron chi connectivity index (χ4n) is 3.97. The Balaban J connectivity index is 1.92. The minimum absolute atomic E-state index is 0.0348. The summed E-state index contributed by atoms with van der Waals surface area (Å²) >= 11 is 1.77. The maximum Gasteiger partial charge on any atom is 0.242 e. The van der Waals surface area contributed by atoms with Gasteiger partial charge in [0.1, 0.15) is 0 Å². The summed E-state index contributed by atoms with van der Waals surface area (Å²) in [6, 6.07) is 10.4. The van der Waals surface area contributed by atoms with Gasteiger partial charge in [0.25, 0.3) is 0 Å². The van der Waals surface area contributed by atoms with Gasteiger partial charge in [-0.2, -0.15) is 0 Å². The zero-order chi connectivity index (χ0) is 20.3. The summed E-state index contributed by atoms with van der Waals surface area (Å²) in [6.07, 6.45) is 1.73. The van der Waals surface area contributed by atoms with Crippen molar-refractivity contribution >= 4 is 23.2 Å². The molecule has 0 saturated heterocycles. The zero-order valence-electron chi connectivity index (χ0n) is 17.3. The highest BCUT2D eigenvalue weighted by Gasteiger charge is 2.34. The van der Waals surface area contributed by atoms with Gasteiger partial charge in [0, 0.05) is 23.9 Å². The summed E-state index contributed by atoms with van der Waals surface area (Å²) in [4.78, 5) is 31.0. The van der Waals surface area contributed by atoms with Crippen LogP contribution in [0.1, 0.15) is 54.8 Å². The second kappa shape index (κ2) is 8.91. The maximum atomic E-state index is 13.4. The molecule has 5 heteroatoms. The first kappa shape index (κ1) is 20.6. The molecular weight excluding hydrogens is 368 g/mol. The Morgan fingerprint density at radius 2 is 1.96 bits per heavy atom. The Morgan fingerprint density at radius 1 is 1.21 bits per heavy atom. The van der Waals surface area contributed by atoms with Crippen molar-refractivity contribution in [1.82, 2.24) is 9.80 Å². The number of rotatable bonds is 6. The van der Waals surface area contributed by atoms with Crippen molar-refractivity contribution in [3.63, 3.8) is 0 Å². The summed E-state index contributed by atoms with van der Waals surface area (Å²) in [5, 5.41) is 2.12. The SMILES string of the molecule is CCCN(CC(=O)N1CCc2sccc2C1c1ccccc1C)C(=O)C(C)C. The number of aryl methyl sites for hydroxylation is 1. The van der Waals surface area contributed by atoms with Crippen molar-refractivity contribution in [2.45, 2.75) is 46.6 Å². The van der Waals surface area contributed by atoms with Gasteiger partial charge in [-0.25, -0.2) is 0 Å². The van der Waals surface area contributed by atoms with E-state index in [0.717, 1.165) is 12.8 Å². The van der Waals surface area contributed by atoms with E-state index >= 15 is 0 Å². The maximum absolute atomic E-state index is 13.4. The smallest absolute Gasteiger partial charge is 0.242 e. The third-order valence-electron chi connectivity index (χ3n) is 5.39. The normalized spacial score (nSPS) is 16.2. The van der Waals surface area contributed by atoms with Crippen molar-refractivity contribution in [1.29, 1.82) is 0 Å². The Bertz CT molecular complexity index is 843. The van der Waals surface area contributed by atoms with Crippen LogP contribution in [0.15, 0.2) is 35.7 Å². The average molecular weight is 399 g/mol. The molecule has 150 valence electrons. The highest BCUT2D eigenvalue weighted by atomic mass is 32.1. The number of hydrogen-bond donors (Lipinski definition) is 0. The summed E-state index contributed by atoms with van der Waals surface area (Å²) in [5.41, 5.74) is 3.59. The first-order valence-corrected chi connectivity index (χ1v) is 11.0. The summed E-state index contributed by atoms with van der Waals surface area (Å²) < 4.78 is 0. The van der Waals surface area contributed by atoms with Gasteiger partial charge in [-0.05, 0) is 47.9 Å². The van der Waals surface area contributed by atoms with Gasteiger partial charge in [0.15, 0.2) is 0 Å². The molecule has 0 radical (unpaired) electrons. The number of thiophene rings is 1. The lowest BCUT2D eigenvalue weighted by molar-refractivity contribution is -0.143. The molecule has 1 aromatic heterocycles. The van der Waals surface area contributed by atoms with E-state index in [1.165, 1.54) is 21.6 Å². The van der Waals surface area contributed by atoms with Crippen LogP contribution in [-0.2, 0) is 16.0 Å². The molecule has 1 aliphatic rings. The number of nitrogens with zero attached hydrogens (tertiary/aromatic N) is 2. The Labute approximate surface area is 172 Å². The second-order valence-electron chi connectivity index (χ2n) is 7.81. The van der Waals surface area contributed by atoms with E-state index in [4.69, 9.17) is 0 Å². The molecule has 1 aromatic carbocycles. The molecule has 2 heterocycles. The van der Waals surface area contributed by atoms with Gasteiger partial charge in [0.2, 0.25) is 11.8 Å². The quantitative estimate of drug-likeness (QED) is 0.722. The number of carbonyl (C=O) groups is 2. The molecule has 1 atom stereocenters. The van der Waals surface area contributed by atoms with Gasteiger partial charge in [0.05, 0.1) is 12.6 Å². The van der Waals surface area contributed by atoms with Gasteiger partial charge < -0.3 is 9.80 Å². The Morgan fingerprint density at radius 3 is 2.64 bits per heavy atom. The number of benzene rings is 1. The molecule has 2 amide bonds. The van der Waals surface area contributed by atoms with E-state index in [-0.39, 0.29) is 30.3 Å². The van der Waals surface area contributed by atoms with Crippen LogP contribution in [0.4, 0.5) is 0 Å². The summed E-state index contributed by atoms with van der Waals surface area (Å²) in [5.74, 6) is -0.0141. The molecule has 0 spiro atoms. The molecule has 3 rings (SSSR count). The first-order chi connectivity index (χ1) is 13.4. The summed E-state index contributed by atoms with van der Waals surface area (Å²) in [6.45, 7) is 9.40. The predicted octanol–water partition coefficient (Wildman–Crippen LogP) is 4.43. The van der Waals surface area contributed by atoms with Gasteiger partial charge in [-0.3, -0.25) is 9.59 Å². The van der Waals surface area contributed by atoms with Crippen LogP contribution in [0, 0.1) is 12.8 Å². The van der Waals surface area contributed by atoms with Crippen molar-refractivity contribution in [3.8, 4) is 0 Å². The van der Waals surface area contributed by atoms with Crippen molar-refractivity contribution in [2.75, 3.05) is 19.6 Å². The van der Waals surface area contributed by atoms with Crippen LogP contribution in [0.2, 0.25) is 0 Å². The fraction of sp³-hybridized carbons (Fsp3) is 0.478. The van der Waals surface area contributed by atoms with Crippen LogP contribution in [-0.4, -0.2) is 41.2 Å². The minimum atomic E-state index is -0.101. The fourth-order valence-corrected chi connectivity index (χ4v) is 4.87. The number of hydrogen-bond acceptors (Lipinski definition) is 3. The van der Waals surface area contributed by atoms with E-state index in [0.29, 0.717) is 13.1 Å². The molecule has 0 aliphatic carbocycles. The molecule has 1 unspecified atom stereocenters. The first-order valence-electron chi connectivity index (χ1n) is 10.1. The topological polar surface area (TPSA) is 40.6 Å². The molecule has 2 aromatic rings. The van der Waals surface area contributed by atoms with Crippen molar-refractivity contribution in [3.05, 3.63) is 57.3 Å². The van der Waals surface area contributed by atoms with Crippen molar-refractivity contribution < 1.29 is 9.59 Å². The Kier molecular flexibility index (Phi) is 6.55. The standard InChI is InChI=1S/C23H30N2O2S/c1-5-12-24(23(27)16(2)3)15-21(26)25-13-10-20-19(11-14-28-20)22(25)18-9-7-6-8-17(18)4/h6-9,11,14,16,22H,5,10,12-13,15H2,1-4H3. The van der Waals surface area contributed by atoms with Gasteiger partial charge in [-0.15, -0.1) is 11.3 Å². The highest BCUT2D eigenvalue weighted by molar-refractivity contribution is 7.10. The van der Waals surface area contributed by atoms with E-state index in [9.17, 15) is 9.59 Å². The molecular formula is C23H30N2O2S. The molecule has 0 bridgehead atoms. The minimum Gasteiger partial charge on any atom is -0.333 e. The van der Waals surface area contributed by atoms with Crippen LogP contribution in [0.5, 0.6) is 0 Å². The number of amides is 2. The molecule has 28 heavy (non-hydrogen) atoms. The molecule has 0 saturated carbocycles. The van der Waals surface area contributed by atoms with Gasteiger partial charge >= 0.3 is 0 Å². The third-order valence-corrected chi connectivity index (χ3v) is 6.39. The zero-order valence-corrected chi connectivity index (χ0v) is 18.1. The second-order valence-corrected chi connectivity index (χ2v) is 8.81. The number of carbonyl (C=O) groups excluding carboxylic acids is 2. The lowest BCUT2D eigenvalue weighted by Crippen LogP contribution is -2.47. The monoisotopic (exact) mass is 398 g/mol. The van der Waals surface area contributed by atoms with E-state index in [1.807, 2.05) is 37.8 Å². The molecule has 0 fully saturated rings. The van der Waals surface area contributed by atoms with Crippen LogP contribution in [0.3, 0.4) is 0 Å².